The Labute approximate surface area is 143 Å². The molecule has 0 radical (unpaired) electrons. The van der Waals surface area contributed by atoms with Crippen molar-refractivity contribution in [3.8, 4) is 0 Å². The van der Waals surface area contributed by atoms with Crippen LogP contribution in [0.3, 0.4) is 0 Å². The lowest BCUT2D eigenvalue weighted by Gasteiger charge is -2.11. The van der Waals surface area contributed by atoms with Crippen molar-refractivity contribution in [1.29, 1.82) is 0 Å². The lowest BCUT2D eigenvalue weighted by Crippen LogP contribution is -2.42. The van der Waals surface area contributed by atoms with Gasteiger partial charge in [0.2, 0.25) is 5.91 Å². The Morgan fingerprint density at radius 3 is 1.77 bits per heavy atom. The van der Waals surface area contributed by atoms with E-state index in [0.29, 0.717) is 11.5 Å². The molecule has 22 heavy (non-hydrogen) atoms. The van der Waals surface area contributed by atoms with Gasteiger partial charge in [0, 0.05) is 12.5 Å². The van der Waals surface area contributed by atoms with Crippen molar-refractivity contribution < 1.29 is 4.79 Å². The number of thiocarbonyl (C=S) groups is 1. The summed E-state index contributed by atoms with van der Waals surface area (Å²) in [5.74, 6) is 0.0362. The molecule has 3 nitrogen and oxygen atoms in total. The zero-order valence-electron chi connectivity index (χ0n) is 14.9. The molecule has 0 bridgehead atoms. The van der Waals surface area contributed by atoms with Gasteiger partial charge in [-0.15, -0.1) is 0 Å². The van der Waals surface area contributed by atoms with E-state index in [4.69, 9.17) is 12.2 Å². The Bertz CT molecular complexity index is 293. The van der Waals surface area contributed by atoms with Crippen LogP contribution in [0.15, 0.2) is 0 Å². The van der Waals surface area contributed by atoms with Gasteiger partial charge in [0.1, 0.15) is 0 Å². The fourth-order valence-corrected chi connectivity index (χ4v) is 2.79. The summed E-state index contributed by atoms with van der Waals surface area (Å²) in [7, 11) is 0. The Morgan fingerprint density at radius 2 is 1.32 bits per heavy atom. The molecule has 0 aliphatic carbocycles. The number of unbranched alkanes of at least 4 members (excludes halogenated alkanes) is 10. The summed E-state index contributed by atoms with van der Waals surface area (Å²) >= 11 is 5.05. The average molecular weight is 329 g/mol. The highest BCUT2D eigenvalue weighted by molar-refractivity contribution is 7.80. The van der Waals surface area contributed by atoms with E-state index in [1.54, 1.807) is 0 Å². The van der Waals surface area contributed by atoms with E-state index < -0.39 is 0 Å². The molecule has 0 saturated heterocycles. The first-order valence-electron chi connectivity index (χ1n) is 9.16. The van der Waals surface area contributed by atoms with Crippen molar-refractivity contribution in [1.82, 2.24) is 10.6 Å². The average Bonchev–Trinajstić information content (AvgIpc) is 2.43. The molecule has 0 aromatic heterocycles. The zero-order chi connectivity index (χ0) is 16.6. The highest BCUT2D eigenvalue weighted by atomic mass is 32.1. The zero-order valence-corrected chi connectivity index (χ0v) is 15.7. The summed E-state index contributed by atoms with van der Waals surface area (Å²) in [6.07, 6.45) is 14.9. The molecule has 0 aromatic carbocycles. The van der Waals surface area contributed by atoms with E-state index in [9.17, 15) is 4.79 Å². The molecule has 0 saturated carbocycles. The summed E-state index contributed by atoms with van der Waals surface area (Å²) in [6.45, 7) is 6.26. The number of rotatable bonds is 13. The smallest absolute Gasteiger partial charge is 0.226 e. The Morgan fingerprint density at radius 1 is 0.864 bits per heavy atom. The SMILES string of the molecule is CCCCCCCCCCCCCC(=O)NC(=S)NC(C)C. The van der Waals surface area contributed by atoms with Crippen LogP contribution in [0.4, 0.5) is 0 Å². The van der Waals surface area contributed by atoms with Gasteiger partial charge in [0.05, 0.1) is 0 Å². The van der Waals surface area contributed by atoms with E-state index in [1.807, 2.05) is 13.8 Å². The van der Waals surface area contributed by atoms with Gasteiger partial charge < -0.3 is 10.6 Å². The van der Waals surface area contributed by atoms with Crippen molar-refractivity contribution in [2.45, 2.75) is 104 Å². The Kier molecular flexibility index (Phi) is 14.8. The first-order valence-corrected chi connectivity index (χ1v) is 9.57. The van der Waals surface area contributed by atoms with E-state index >= 15 is 0 Å². The van der Waals surface area contributed by atoms with Crippen LogP contribution in [0.25, 0.3) is 0 Å². The maximum absolute atomic E-state index is 11.7. The molecule has 0 unspecified atom stereocenters. The van der Waals surface area contributed by atoms with E-state index in [1.165, 1.54) is 57.8 Å². The molecule has 0 heterocycles. The molecule has 0 fully saturated rings. The molecule has 4 heteroatoms. The Balaban J connectivity index is 3.28. The third-order valence-electron chi connectivity index (χ3n) is 3.68. The van der Waals surface area contributed by atoms with Crippen LogP contribution in [-0.4, -0.2) is 17.1 Å². The predicted octanol–water partition coefficient (Wildman–Crippen LogP) is 5.09. The molecule has 0 rings (SSSR count). The lowest BCUT2D eigenvalue weighted by molar-refractivity contribution is -0.119. The minimum absolute atomic E-state index is 0.0362. The normalized spacial score (nSPS) is 10.7. The fourth-order valence-electron chi connectivity index (χ4n) is 2.44. The minimum Gasteiger partial charge on any atom is -0.360 e. The van der Waals surface area contributed by atoms with Gasteiger partial charge in [-0.25, -0.2) is 0 Å². The van der Waals surface area contributed by atoms with Crippen molar-refractivity contribution in [2.75, 3.05) is 0 Å². The molecule has 0 aliphatic heterocycles. The standard InChI is InChI=1S/C18H36N2OS/c1-4-5-6-7-8-9-10-11-12-13-14-15-17(21)20-18(22)19-16(2)3/h16H,4-15H2,1-3H3,(H2,19,20,21,22). The van der Waals surface area contributed by atoms with Crippen LogP contribution in [0.2, 0.25) is 0 Å². The maximum Gasteiger partial charge on any atom is 0.226 e. The van der Waals surface area contributed by atoms with E-state index in [0.717, 1.165) is 12.8 Å². The van der Waals surface area contributed by atoms with Gasteiger partial charge in [-0.05, 0) is 32.5 Å². The van der Waals surface area contributed by atoms with Crippen LogP contribution in [-0.2, 0) is 4.79 Å². The summed E-state index contributed by atoms with van der Waals surface area (Å²) in [4.78, 5) is 11.7. The molecule has 1 amide bonds. The van der Waals surface area contributed by atoms with Crippen LogP contribution in [0.5, 0.6) is 0 Å². The van der Waals surface area contributed by atoms with Gasteiger partial charge in [0.15, 0.2) is 5.11 Å². The van der Waals surface area contributed by atoms with Gasteiger partial charge >= 0.3 is 0 Å². The summed E-state index contributed by atoms with van der Waals surface area (Å²) in [6, 6.07) is 0.259. The number of carbonyl (C=O) groups excluding carboxylic acids is 1. The molecule has 0 aliphatic rings. The fraction of sp³-hybridized carbons (Fsp3) is 0.889. The van der Waals surface area contributed by atoms with Crippen LogP contribution in [0, 0.1) is 0 Å². The second kappa shape index (κ2) is 15.3. The molecule has 0 aromatic rings. The summed E-state index contributed by atoms with van der Waals surface area (Å²) < 4.78 is 0. The molecule has 2 N–H and O–H groups in total. The quantitative estimate of drug-likeness (QED) is 0.365. The second-order valence-electron chi connectivity index (χ2n) is 6.46. The van der Waals surface area contributed by atoms with Crippen LogP contribution >= 0.6 is 12.2 Å². The summed E-state index contributed by atoms with van der Waals surface area (Å²) in [5, 5.41) is 6.19. The molecule has 0 atom stereocenters. The maximum atomic E-state index is 11.7. The first kappa shape index (κ1) is 21.4. The third kappa shape index (κ3) is 15.7. The molecular weight excluding hydrogens is 292 g/mol. The number of nitrogens with one attached hydrogen (secondary N) is 2. The molecule has 0 spiro atoms. The topological polar surface area (TPSA) is 41.1 Å². The van der Waals surface area contributed by atoms with Crippen LogP contribution in [0.1, 0.15) is 97.8 Å². The third-order valence-corrected chi connectivity index (χ3v) is 3.90. The van der Waals surface area contributed by atoms with Gasteiger partial charge in [-0.1, -0.05) is 71.1 Å². The summed E-state index contributed by atoms with van der Waals surface area (Å²) in [5.41, 5.74) is 0. The molecule has 130 valence electrons. The van der Waals surface area contributed by atoms with Crippen molar-refractivity contribution >= 4 is 23.2 Å². The largest absolute Gasteiger partial charge is 0.360 e. The highest BCUT2D eigenvalue weighted by Gasteiger charge is 2.04. The van der Waals surface area contributed by atoms with Crippen molar-refractivity contribution in [3.05, 3.63) is 0 Å². The van der Waals surface area contributed by atoms with Gasteiger partial charge in [-0.3, -0.25) is 4.79 Å². The predicted molar refractivity (Wildman–Crippen MR) is 100 cm³/mol. The highest BCUT2D eigenvalue weighted by Crippen LogP contribution is 2.11. The molecular formula is C18H36N2OS. The Hall–Kier alpha value is -0.640. The minimum atomic E-state index is 0.0362. The number of hydrogen-bond acceptors (Lipinski definition) is 2. The number of hydrogen-bond donors (Lipinski definition) is 2. The lowest BCUT2D eigenvalue weighted by atomic mass is 10.1. The monoisotopic (exact) mass is 328 g/mol. The first-order chi connectivity index (χ1) is 10.6. The van der Waals surface area contributed by atoms with E-state index in [2.05, 4.69) is 17.6 Å². The van der Waals surface area contributed by atoms with Gasteiger partial charge in [-0.2, -0.15) is 0 Å². The van der Waals surface area contributed by atoms with Gasteiger partial charge in [0.25, 0.3) is 0 Å². The van der Waals surface area contributed by atoms with Crippen molar-refractivity contribution in [2.24, 2.45) is 0 Å². The number of amides is 1. The van der Waals surface area contributed by atoms with Crippen LogP contribution < -0.4 is 10.6 Å². The van der Waals surface area contributed by atoms with Crippen molar-refractivity contribution in [3.63, 3.8) is 0 Å². The second-order valence-corrected chi connectivity index (χ2v) is 6.87. The number of carbonyl (C=O) groups is 1. The van der Waals surface area contributed by atoms with E-state index in [-0.39, 0.29) is 11.9 Å².